The monoisotopic (exact) mass is 408 g/mol. The van der Waals surface area contributed by atoms with Crippen molar-refractivity contribution in [3.05, 3.63) is 68.8 Å². The Morgan fingerprint density at radius 1 is 1.10 bits per heavy atom. The van der Waals surface area contributed by atoms with Gasteiger partial charge in [-0.3, -0.25) is 0 Å². The van der Waals surface area contributed by atoms with Gasteiger partial charge >= 0.3 is 0 Å². The van der Waals surface area contributed by atoms with Crippen LogP contribution in [0.15, 0.2) is 47.0 Å². The first-order valence-corrected chi connectivity index (χ1v) is 10.9. The van der Waals surface area contributed by atoms with E-state index in [9.17, 15) is 4.91 Å². The summed E-state index contributed by atoms with van der Waals surface area (Å²) < 4.78 is 0. The van der Waals surface area contributed by atoms with Crippen LogP contribution in [0.25, 0.3) is 12.2 Å². The molecule has 0 spiro atoms. The molecule has 2 aliphatic carbocycles. The summed E-state index contributed by atoms with van der Waals surface area (Å²) in [6, 6.07) is 10.2. The molecule has 2 aromatic rings. The molecule has 2 N–H and O–H groups in total. The Morgan fingerprint density at radius 2 is 1.79 bits per heavy atom. The van der Waals surface area contributed by atoms with Gasteiger partial charge in [0.05, 0.1) is 10.6 Å². The number of nitroso groups, excluding NO2 is 1. The topological polar surface area (TPSA) is 47.9 Å². The Labute approximate surface area is 177 Å². The number of aromatic nitrogens is 1. The number of rotatable bonds is 4. The van der Waals surface area contributed by atoms with Gasteiger partial charge in [-0.15, -0.1) is 18.1 Å². The maximum Gasteiger partial charge on any atom is 0.268 e. The average Bonchev–Trinajstić information content (AvgIpc) is 3.27. The van der Waals surface area contributed by atoms with E-state index in [1.807, 2.05) is 24.3 Å². The molecule has 152 valence electrons. The summed E-state index contributed by atoms with van der Waals surface area (Å²) in [5.41, 5.74) is 5.83. The Morgan fingerprint density at radius 3 is 2.45 bits per heavy atom. The third-order valence-electron chi connectivity index (χ3n) is 6.11. The summed E-state index contributed by atoms with van der Waals surface area (Å²) in [4.78, 5) is 19.0. The van der Waals surface area contributed by atoms with Gasteiger partial charge in [0, 0.05) is 45.0 Å². The van der Waals surface area contributed by atoms with Gasteiger partial charge in [-0.25, -0.2) is 0 Å². The minimum Gasteiger partial charge on any atom is -0.358 e. The molecule has 0 bridgehead atoms. The van der Waals surface area contributed by atoms with Gasteiger partial charge in [0.25, 0.3) is 5.54 Å². The van der Waals surface area contributed by atoms with Crippen molar-refractivity contribution < 1.29 is 4.87 Å². The molecule has 1 aromatic carbocycles. The lowest BCUT2D eigenvalue weighted by Crippen LogP contribution is -2.43. The number of allylic oxidation sites excluding steroid dienone is 2. The van der Waals surface area contributed by atoms with Gasteiger partial charge in [-0.1, -0.05) is 45.1 Å². The Kier molecular flexibility index (Phi) is 5.19. The maximum absolute atomic E-state index is 13.4. The summed E-state index contributed by atoms with van der Waals surface area (Å²) in [5.74, 6) is 0. The van der Waals surface area contributed by atoms with E-state index in [2.05, 4.69) is 68.1 Å². The number of fused-ring (bicyclic) bond motifs is 1. The number of nitrogens with one attached hydrogen (secondary N) is 2. The van der Waals surface area contributed by atoms with Crippen LogP contribution in [0.4, 0.5) is 0 Å². The largest absolute Gasteiger partial charge is 0.358 e. The van der Waals surface area contributed by atoms with Crippen LogP contribution in [0.5, 0.6) is 0 Å². The zero-order chi connectivity index (χ0) is 20.6. The minimum absolute atomic E-state index is 0.0583. The van der Waals surface area contributed by atoms with E-state index >= 15 is 0 Å². The quantitative estimate of drug-likeness (QED) is 0.403. The highest BCUT2D eigenvalue weighted by molar-refractivity contribution is 7.80. The third-order valence-corrected chi connectivity index (χ3v) is 6.41. The van der Waals surface area contributed by atoms with Crippen molar-refractivity contribution in [3.63, 3.8) is 0 Å². The van der Waals surface area contributed by atoms with E-state index in [0.29, 0.717) is 0 Å². The number of hydrogen-bond donors (Lipinski definition) is 3. The normalized spacial score (nSPS) is 18.1. The predicted octanol–water partition coefficient (Wildman–Crippen LogP) is 4.20. The molecule has 0 amide bonds. The van der Waals surface area contributed by atoms with Gasteiger partial charge < -0.3 is 4.98 Å². The van der Waals surface area contributed by atoms with E-state index in [4.69, 9.17) is 0 Å². The second-order valence-electron chi connectivity index (χ2n) is 9.24. The molecular weight excluding hydrogens is 378 g/mol. The van der Waals surface area contributed by atoms with Crippen LogP contribution >= 0.6 is 12.6 Å². The number of thiol groups is 1. The number of aromatic amines is 1. The second kappa shape index (κ2) is 7.52. The van der Waals surface area contributed by atoms with Crippen molar-refractivity contribution in [3.8, 4) is 0 Å². The Balaban J connectivity index is 1.64. The van der Waals surface area contributed by atoms with Crippen molar-refractivity contribution in [2.45, 2.75) is 68.7 Å². The summed E-state index contributed by atoms with van der Waals surface area (Å²) in [6.07, 6.45) is 11.0. The van der Waals surface area contributed by atoms with Crippen molar-refractivity contribution in [1.29, 1.82) is 0 Å². The van der Waals surface area contributed by atoms with Gasteiger partial charge in [0.1, 0.15) is 4.87 Å². The molecule has 4 rings (SSSR count). The molecule has 5 heteroatoms. The van der Waals surface area contributed by atoms with Gasteiger partial charge in [0.2, 0.25) is 0 Å². The molecular formula is C24H30N3OS+. The second-order valence-corrected chi connectivity index (χ2v) is 9.75. The smallest absolute Gasteiger partial charge is 0.268 e. The third kappa shape index (κ3) is 3.93. The standard InChI is InChI=1S/C24H29N3OS/c1-23(2,3)22-16-17-15-19(7-6-8-21(17)25-22)26-27(28)24(13-4-5-14-24)18-9-11-20(29)12-10-18/h7-12,15-16,25H,4-6,13-14H2,1-3H3,(H-,26,28,29)/p+1. The molecule has 0 saturated heterocycles. The molecule has 0 aliphatic heterocycles. The number of benzene rings is 1. The first-order valence-electron chi connectivity index (χ1n) is 10.4. The molecule has 1 fully saturated rings. The van der Waals surface area contributed by atoms with Crippen LogP contribution < -0.4 is 16.0 Å². The molecule has 1 heterocycles. The van der Waals surface area contributed by atoms with E-state index < -0.39 is 5.54 Å². The number of hydrogen-bond acceptors (Lipinski definition) is 2. The first kappa shape index (κ1) is 20.0. The van der Waals surface area contributed by atoms with E-state index in [1.165, 1.54) is 5.69 Å². The molecule has 29 heavy (non-hydrogen) atoms. The Bertz CT molecular complexity index is 1060. The maximum atomic E-state index is 13.4. The fourth-order valence-corrected chi connectivity index (χ4v) is 4.50. The van der Waals surface area contributed by atoms with E-state index in [0.717, 1.165) is 63.7 Å². The van der Waals surface area contributed by atoms with Gasteiger partial charge in [-0.2, -0.15) is 0 Å². The molecule has 4 nitrogen and oxygen atoms in total. The lowest BCUT2D eigenvalue weighted by Gasteiger charge is -2.20. The van der Waals surface area contributed by atoms with Crippen molar-refractivity contribution in [2.24, 2.45) is 0 Å². The molecule has 0 unspecified atom stereocenters. The Hall–Kier alpha value is -2.27. The van der Waals surface area contributed by atoms with Crippen LogP contribution in [0.2, 0.25) is 0 Å². The van der Waals surface area contributed by atoms with Crippen molar-refractivity contribution in [2.75, 3.05) is 0 Å². The fourth-order valence-electron chi connectivity index (χ4n) is 4.35. The minimum atomic E-state index is -0.524. The lowest BCUT2D eigenvalue weighted by molar-refractivity contribution is -0.679. The highest BCUT2D eigenvalue weighted by Crippen LogP contribution is 2.41. The molecule has 1 aromatic heterocycles. The molecule has 0 atom stereocenters. The van der Waals surface area contributed by atoms with E-state index in [-0.39, 0.29) is 5.41 Å². The number of H-pyrrole nitrogens is 1. The molecule has 0 radical (unpaired) electrons. The summed E-state index contributed by atoms with van der Waals surface area (Å²) in [5, 5.41) is 2.25. The SMILES string of the molecule is CC(C)(C)c1cc2c([nH]1)=CCC=C(N[N+](=O)C1(c3ccc(S)cc3)CCCC1)C=2. The number of nitrogens with zero attached hydrogens (tertiary/aromatic N) is 1. The van der Waals surface area contributed by atoms with Crippen molar-refractivity contribution in [1.82, 2.24) is 10.4 Å². The highest BCUT2D eigenvalue weighted by Gasteiger charge is 2.51. The zero-order valence-corrected chi connectivity index (χ0v) is 18.4. The van der Waals surface area contributed by atoms with Crippen LogP contribution in [0, 0.1) is 4.91 Å². The fraction of sp³-hybridized carbons (Fsp3) is 0.417. The van der Waals surface area contributed by atoms with Crippen LogP contribution in [-0.2, 0) is 11.0 Å². The average molecular weight is 409 g/mol. The van der Waals surface area contributed by atoms with E-state index in [1.54, 1.807) is 0 Å². The summed E-state index contributed by atoms with van der Waals surface area (Å²) in [7, 11) is 0. The number of hydrazine groups is 1. The molecule has 1 saturated carbocycles. The van der Waals surface area contributed by atoms with Crippen LogP contribution in [-0.4, -0.2) is 9.85 Å². The molecule has 2 aliphatic rings. The predicted molar refractivity (Wildman–Crippen MR) is 121 cm³/mol. The summed E-state index contributed by atoms with van der Waals surface area (Å²) in [6.45, 7) is 6.60. The highest BCUT2D eigenvalue weighted by atomic mass is 32.1. The van der Waals surface area contributed by atoms with Gasteiger partial charge in [-0.05, 0) is 43.5 Å². The lowest BCUT2D eigenvalue weighted by atomic mass is 9.89. The zero-order valence-electron chi connectivity index (χ0n) is 17.5. The summed E-state index contributed by atoms with van der Waals surface area (Å²) >= 11 is 4.39. The van der Waals surface area contributed by atoms with Crippen LogP contribution in [0.3, 0.4) is 0 Å². The van der Waals surface area contributed by atoms with Crippen LogP contribution in [0.1, 0.15) is 64.1 Å². The van der Waals surface area contributed by atoms with Crippen molar-refractivity contribution >= 4 is 24.8 Å². The first-order chi connectivity index (χ1) is 13.8. The van der Waals surface area contributed by atoms with Gasteiger partial charge in [0.15, 0.2) is 0 Å².